The highest BCUT2D eigenvalue weighted by molar-refractivity contribution is 6.04. The Balaban J connectivity index is 1.39. The van der Waals surface area contributed by atoms with Crippen molar-refractivity contribution < 1.29 is 22.7 Å². The van der Waals surface area contributed by atoms with E-state index in [9.17, 15) is 18.0 Å². The van der Waals surface area contributed by atoms with Gasteiger partial charge in [0.2, 0.25) is 0 Å². The van der Waals surface area contributed by atoms with Crippen molar-refractivity contribution in [3.63, 3.8) is 0 Å². The predicted octanol–water partition coefficient (Wildman–Crippen LogP) is 5.35. The number of aryl methyl sites for hydroxylation is 1. The average Bonchev–Trinajstić information content (AvgIpc) is 3.39. The molecular weight excluding hydrogens is 495 g/mol. The molecule has 0 unspecified atom stereocenters. The Morgan fingerprint density at radius 3 is 2.61 bits per heavy atom. The van der Waals surface area contributed by atoms with E-state index < -0.39 is 17.6 Å². The first-order valence-corrected chi connectivity index (χ1v) is 12.1. The van der Waals surface area contributed by atoms with Crippen LogP contribution >= 0.6 is 0 Å². The minimum Gasteiger partial charge on any atom is -0.379 e. The lowest BCUT2D eigenvalue weighted by atomic mass is 10.1. The van der Waals surface area contributed by atoms with Crippen molar-refractivity contribution in [1.29, 1.82) is 0 Å². The Bertz CT molecular complexity index is 1430. The molecule has 7 nitrogen and oxygen atoms in total. The topological polar surface area (TPSA) is 72.3 Å². The number of halogens is 3. The molecule has 196 valence electrons. The van der Waals surface area contributed by atoms with E-state index >= 15 is 0 Å². The summed E-state index contributed by atoms with van der Waals surface area (Å²) in [4.78, 5) is 19.3. The Kier molecular flexibility index (Phi) is 7.26. The Labute approximate surface area is 217 Å². The van der Waals surface area contributed by atoms with E-state index in [1.807, 2.05) is 30.2 Å². The highest BCUT2D eigenvalue weighted by atomic mass is 19.4. The van der Waals surface area contributed by atoms with Gasteiger partial charge in [0.25, 0.3) is 5.91 Å². The Morgan fingerprint density at radius 1 is 1.05 bits per heavy atom. The van der Waals surface area contributed by atoms with E-state index in [4.69, 9.17) is 4.74 Å². The van der Waals surface area contributed by atoms with Gasteiger partial charge in [-0.15, -0.1) is 0 Å². The molecule has 1 aliphatic heterocycles. The van der Waals surface area contributed by atoms with Gasteiger partial charge in [-0.3, -0.25) is 14.7 Å². The lowest BCUT2D eigenvalue weighted by Gasteiger charge is -2.27. The molecule has 1 amide bonds. The highest BCUT2D eigenvalue weighted by Gasteiger charge is 2.31. The van der Waals surface area contributed by atoms with Gasteiger partial charge in [-0.05, 0) is 54.4 Å². The van der Waals surface area contributed by atoms with Gasteiger partial charge in [-0.2, -0.15) is 18.3 Å². The van der Waals surface area contributed by atoms with Crippen LogP contribution in [0.5, 0.6) is 0 Å². The molecule has 5 rings (SSSR count). The van der Waals surface area contributed by atoms with Crippen LogP contribution in [0, 0.1) is 6.92 Å². The van der Waals surface area contributed by atoms with Crippen LogP contribution in [0.15, 0.2) is 73.3 Å². The number of nitrogens with one attached hydrogen (secondary N) is 1. The molecule has 1 fully saturated rings. The van der Waals surface area contributed by atoms with E-state index in [1.165, 1.54) is 0 Å². The van der Waals surface area contributed by atoms with E-state index in [0.29, 0.717) is 49.7 Å². The van der Waals surface area contributed by atoms with Gasteiger partial charge in [0.05, 0.1) is 30.7 Å². The Hall–Kier alpha value is -4.02. The number of aromatic nitrogens is 3. The van der Waals surface area contributed by atoms with E-state index in [-0.39, 0.29) is 5.69 Å². The van der Waals surface area contributed by atoms with Crippen LogP contribution < -0.4 is 5.32 Å². The van der Waals surface area contributed by atoms with Crippen LogP contribution in [0.3, 0.4) is 0 Å². The molecule has 3 heterocycles. The van der Waals surface area contributed by atoms with Crippen LogP contribution in [-0.4, -0.2) is 51.9 Å². The van der Waals surface area contributed by atoms with Gasteiger partial charge in [0.1, 0.15) is 0 Å². The average molecular weight is 522 g/mol. The lowest BCUT2D eigenvalue weighted by molar-refractivity contribution is -0.137. The third-order valence-corrected chi connectivity index (χ3v) is 6.38. The molecule has 4 aromatic rings. The minimum atomic E-state index is -4.54. The predicted molar refractivity (Wildman–Crippen MR) is 137 cm³/mol. The largest absolute Gasteiger partial charge is 0.416 e. The molecule has 10 heteroatoms. The molecule has 0 saturated carbocycles. The first-order chi connectivity index (χ1) is 18.3. The monoisotopic (exact) mass is 521 g/mol. The molecule has 0 atom stereocenters. The van der Waals surface area contributed by atoms with Crippen LogP contribution in [0.2, 0.25) is 0 Å². The van der Waals surface area contributed by atoms with Gasteiger partial charge >= 0.3 is 6.18 Å². The standard InChI is InChI=1S/C28H26F3N5O2/c1-19-4-5-21(13-26(19)36-18-23(16-33-36)22-3-2-6-32-15-22)27(37)34-25-12-20(11-24(14-25)28(29,30)31)17-35-7-9-38-10-8-35/h2-6,11-16,18H,7-10,17H2,1H3,(H,34,37). The first kappa shape index (κ1) is 25.6. The summed E-state index contributed by atoms with van der Waals surface area (Å²) in [6.07, 6.45) is 2.44. The van der Waals surface area contributed by atoms with E-state index in [0.717, 1.165) is 28.8 Å². The summed E-state index contributed by atoms with van der Waals surface area (Å²) in [6, 6.07) is 12.5. The number of anilines is 1. The number of benzene rings is 2. The normalized spacial score (nSPS) is 14.4. The fourth-order valence-electron chi connectivity index (χ4n) is 4.37. The summed E-state index contributed by atoms with van der Waals surface area (Å²) < 4.78 is 47.9. The van der Waals surface area contributed by atoms with Gasteiger partial charge in [0, 0.05) is 60.6 Å². The number of nitrogens with zero attached hydrogens (tertiary/aromatic N) is 4. The number of morpholine rings is 1. The fourth-order valence-corrected chi connectivity index (χ4v) is 4.37. The van der Waals surface area contributed by atoms with Crippen molar-refractivity contribution in [2.24, 2.45) is 0 Å². The smallest absolute Gasteiger partial charge is 0.379 e. The molecule has 0 bridgehead atoms. The molecule has 0 spiro atoms. The van der Waals surface area contributed by atoms with Crippen molar-refractivity contribution in [3.8, 4) is 16.8 Å². The first-order valence-electron chi connectivity index (χ1n) is 12.1. The minimum absolute atomic E-state index is 0.0909. The molecule has 2 aromatic heterocycles. The number of hydrogen-bond donors (Lipinski definition) is 1. The third-order valence-electron chi connectivity index (χ3n) is 6.38. The number of rotatable bonds is 6. The summed E-state index contributed by atoms with van der Waals surface area (Å²) >= 11 is 0. The van der Waals surface area contributed by atoms with Crippen LogP contribution in [-0.2, 0) is 17.5 Å². The quantitative estimate of drug-likeness (QED) is 0.371. The number of alkyl halides is 3. The number of hydrogen-bond acceptors (Lipinski definition) is 5. The maximum atomic E-state index is 13.6. The molecule has 0 radical (unpaired) electrons. The van der Waals surface area contributed by atoms with Gasteiger partial charge < -0.3 is 10.1 Å². The maximum Gasteiger partial charge on any atom is 0.416 e. The summed E-state index contributed by atoms with van der Waals surface area (Å²) in [5.41, 5.74) is 3.40. The summed E-state index contributed by atoms with van der Waals surface area (Å²) in [6.45, 7) is 4.59. The molecule has 1 N–H and O–H groups in total. The molecule has 38 heavy (non-hydrogen) atoms. The molecule has 1 aliphatic rings. The number of carbonyl (C=O) groups is 1. The highest BCUT2D eigenvalue weighted by Crippen LogP contribution is 2.33. The number of pyridine rings is 1. The second-order valence-electron chi connectivity index (χ2n) is 9.18. The molecule has 1 saturated heterocycles. The maximum absolute atomic E-state index is 13.6. The second-order valence-corrected chi connectivity index (χ2v) is 9.18. The number of ether oxygens (including phenoxy) is 1. The Morgan fingerprint density at radius 2 is 1.87 bits per heavy atom. The van der Waals surface area contributed by atoms with Crippen molar-refractivity contribution >= 4 is 11.6 Å². The number of carbonyl (C=O) groups excluding carboxylic acids is 1. The van der Waals surface area contributed by atoms with Gasteiger partial charge in [-0.1, -0.05) is 12.1 Å². The van der Waals surface area contributed by atoms with Crippen LogP contribution in [0.25, 0.3) is 16.8 Å². The second kappa shape index (κ2) is 10.8. The van der Waals surface area contributed by atoms with Gasteiger partial charge in [0.15, 0.2) is 0 Å². The van der Waals surface area contributed by atoms with Crippen molar-refractivity contribution in [2.45, 2.75) is 19.6 Å². The zero-order valence-corrected chi connectivity index (χ0v) is 20.7. The SMILES string of the molecule is Cc1ccc(C(=O)Nc2cc(CN3CCOCC3)cc(C(F)(F)F)c2)cc1-n1cc(-c2cccnc2)cn1. The van der Waals surface area contributed by atoms with Crippen molar-refractivity contribution in [3.05, 3.63) is 95.6 Å². The molecular formula is C28H26F3N5O2. The van der Waals surface area contributed by atoms with E-state index in [2.05, 4.69) is 15.4 Å². The summed E-state index contributed by atoms with van der Waals surface area (Å²) in [5.74, 6) is -0.512. The zero-order chi connectivity index (χ0) is 26.7. The fraction of sp³-hybridized carbons (Fsp3) is 0.250. The zero-order valence-electron chi connectivity index (χ0n) is 20.7. The van der Waals surface area contributed by atoms with Crippen molar-refractivity contribution in [1.82, 2.24) is 19.7 Å². The van der Waals surface area contributed by atoms with Crippen LogP contribution in [0.4, 0.5) is 18.9 Å². The third kappa shape index (κ3) is 5.92. The summed E-state index contributed by atoms with van der Waals surface area (Å²) in [7, 11) is 0. The summed E-state index contributed by atoms with van der Waals surface area (Å²) in [5, 5.41) is 7.09. The molecule has 2 aromatic carbocycles. The van der Waals surface area contributed by atoms with Gasteiger partial charge in [-0.25, -0.2) is 4.68 Å². The van der Waals surface area contributed by atoms with Crippen LogP contribution in [0.1, 0.15) is 27.0 Å². The number of amides is 1. The lowest BCUT2D eigenvalue weighted by Crippen LogP contribution is -2.35. The van der Waals surface area contributed by atoms with E-state index in [1.54, 1.807) is 47.5 Å². The molecule has 0 aliphatic carbocycles. The van der Waals surface area contributed by atoms with Crippen molar-refractivity contribution in [2.75, 3.05) is 31.6 Å².